The lowest BCUT2D eigenvalue weighted by atomic mass is 9.90. The second-order valence-electron chi connectivity index (χ2n) is 7.55. The van der Waals surface area contributed by atoms with Gasteiger partial charge < -0.3 is 5.32 Å². The van der Waals surface area contributed by atoms with Gasteiger partial charge in [-0.3, -0.25) is 4.90 Å². The molecule has 1 N–H and O–H groups in total. The van der Waals surface area contributed by atoms with E-state index >= 15 is 0 Å². The van der Waals surface area contributed by atoms with Gasteiger partial charge in [0.05, 0.1) is 0 Å². The van der Waals surface area contributed by atoms with Gasteiger partial charge in [-0.1, -0.05) is 36.2 Å². The predicted octanol–water partition coefficient (Wildman–Crippen LogP) is 3.66. The Hall–Kier alpha value is -0.860. The third-order valence-electron chi connectivity index (χ3n) is 5.53. The molecule has 0 radical (unpaired) electrons. The number of hydrogen-bond acceptors (Lipinski definition) is 2. The Kier molecular flexibility index (Phi) is 4.11. The summed E-state index contributed by atoms with van der Waals surface area (Å²) in [6.45, 7) is 12.6. The smallest absolute Gasteiger partial charge is 0.0307 e. The summed E-state index contributed by atoms with van der Waals surface area (Å²) in [6, 6.07) is 7.71. The first-order valence-corrected chi connectivity index (χ1v) is 8.56. The first-order valence-electron chi connectivity index (χ1n) is 8.56. The second-order valence-corrected chi connectivity index (χ2v) is 7.55. The Morgan fingerprint density at radius 1 is 1.19 bits per heavy atom. The van der Waals surface area contributed by atoms with Gasteiger partial charge in [-0.2, -0.15) is 0 Å². The maximum Gasteiger partial charge on any atom is 0.0307 e. The molecular formula is C19H30N2. The van der Waals surface area contributed by atoms with Gasteiger partial charge in [0.1, 0.15) is 0 Å². The van der Waals surface area contributed by atoms with E-state index in [2.05, 4.69) is 56.1 Å². The van der Waals surface area contributed by atoms with Crippen LogP contribution in [0.15, 0.2) is 18.2 Å². The highest BCUT2D eigenvalue weighted by atomic mass is 15.3. The minimum atomic E-state index is 0.295. The molecule has 116 valence electrons. The standard InChI is InChI=1S/C19H30N2/c1-5-19(4)13-20-18(17-6-7-17)12-21(19)11-16-9-14(2)8-15(3)10-16/h8-10,17-18,20H,5-7,11-13H2,1-4H3. The molecule has 1 saturated carbocycles. The van der Waals surface area contributed by atoms with E-state index < -0.39 is 0 Å². The number of nitrogens with zero attached hydrogens (tertiary/aromatic N) is 1. The number of hydrogen-bond donors (Lipinski definition) is 1. The molecule has 2 aliphatic rings. The lowest BCUT2D eigenvalue weighted by Gasteiger charge is -2.48. The normalized spacial score (nSPS) is 30.6. The maximum absolute atomic E-state index is 3.82. The molecule has 1 aromatic rings. The van der Waals surface area contributed by atoms with Crippen LogP contribution in [0.1, 0.15) is 49.8 Å². The minimum Gasteiger partial charge on any atom is -0.311 e. The summed E-state index contributed by atoms with van der Waals surface area (Å²) < 4.78 is 0. The molecule has 0 bridgehead atoms. The van der Waals surface area contributed by atoms with Gasteiger partial charge in [0.25, 0.3) is 0 Å². The Morgan fingerprint density at radius 3 is 2.43 bits per heavy atom. The molecule has 2 nitrogen and oxygen atoms in total. The Labute approximate surface area is 129 Å². The Bertz CT molecular complexity index is 486. The van der Waals surface area contributed by atoms with Crippen molar-refractivity contribution >= 4 is 0 Å². The first kappa shape index (κ1) is 15.1. The Morgan fingerprint density at radius 2 is 1.86 bits per heavy atom. The monoisotopic (exact) mass is 286 g/mol. The molecule has 21 heavy (non-hydrogen) atoms. The van der Waals surface area contributed by atoms with Crippen molar-refractivity contribution in [3.8, 4) is 0 Å². The molecule has 2 unspecified atom stereocenters. The van der Waals surface area contributed by atoms with Crippen LogP contribution in [0.3, 0.4) is 0 Å². The molecule has 2 atom stereocenters. The van der Waals surface area contributed by atoms with Crippen LogP contribution in [0.5, 0.6) is 0 Å². The maximum atomic E-state index is 3.82. The highest BCUT2D eigenvalue weighted by Crippen LogP contribution is 2.36. The summed E-state index contributed by atoms with van der Waals surface area (Å²) in [5.74, 6) is 0.938. The fourth-order valence-corrected chi connectivity index (χ4v) is 3.78. The SMILES string of the molecule is CCC1(C)CNC(C2CC2)CN1Cc1cc(C)cc(C)c1. The molecule has 1 saturated heterocycles. The molecule has 0 amide bonds. The van der Waals surface area contributed by atoms with Crippen molar-refractivity contribution in [1.82, 2.24) is 10.2 Å². The summed E-state index contributed by atoms with van der Waals surface area (Å²) in [5.41, 5.74) is 4.54. The van der Waals surface area contributed by atoms with Gasteiger partial charge in [0.15, 0.2) is 0 Å². The largest absolute Gasteiger partial charge is 0.311 e. The summed E-state index contributed by atoms with van der Waals surface area (Å²) in [5, 5.41) is 3.82. The molecule has 3 rings (SSSR count). The van der Waals surface area contributed by atoms with E-state index in [0.717, 1.165) is 25.0 Å². The highest BCUT2D eigenvalue weighted by molar-refractivity contribution is 5.28. The second kappa shape index (κ2) is 5.73. The molecule has 1 aliphatic carbocycles. The van der Waals surface area contributed by atoms with Crippen molar-refractivity contribution in [2.45, 2.75) is 65.1 Å². The molecule has 0 aromatic heterocycles. The van der Waals surface area contributed by atoms with E-state index in [1.807, 2.05) is 0 Å². The number of benzene rings is 1. The zero-order valence-corrected chi connectivity index (χ0v) is 14.1. The number of rotatable bonds is 4. The lowest BCUT2D eigenvalue weighted by Crippen LogP contribution is -2.63. The topological polar surface area (TPSA) is 15.3 Å². The van der Waals surface area contributed by atoms with E-state index in [1.165, 1.54) is 42.5 Å². The van der Waals surface area contributed by atoms with Crippen LogP contribution in [0, 0.1) is 19.8 Å². The number of aryl methyl sites for hydroxylation is 2. The van der Waals surface area contributed by atoms with Crippen LogP contribution in [0.4, 0.5) is 0 Å². The first-order chi connectivity index (χ1) is 10.00. The van der Waals surface area contributed by atoms with E-state index in [1.54, 1.807) is 0 Å². The average Bonchev–Trinajstić information content (AvgIpc) is 3.25. The van der Waals surface area contributed by atoms with Crippen molar-refractivity contribution in [2.75, 3.05) is 13.1 Å². The summed E-state index contributed by atoms with van der Waals surface area (Å²) in [4.78, 5) is 2.74. The molecule has 1 aromatic carbocycles. The van der Waals surface area contributed by atoms with Gasteiger partial charge in [0.2, 0.25) is 0 Å². The minimum absolute atomic E-state index is 0.295. The van der Waals surface area contributed by atoms with Crippen molar-refractivity contribution in [2.24, 2.45) is 5.92 Å². The number of nitrogens with one attached hydrogen (secondary N) is 1. The quantitative estimate of drug-likeness (QED) is 0.909. The molecule has 0 spiro atoms. The van der Waals surface area contributed by atoms with Gasteiger partial charge in [-0.25, -0.2) is 0 Å². The van der Waals surface area contributed by atoms with Crippen LogP contribution in [0.2, 0.25) is 0 Å². The van der Waals surface area contributed by atoms with E-state index in [4.69, 9.17) is 0 Å². The van der Waals surface area contributed by atoms with Crippen LogP contribution < -0.4 is 5.32 Å². The molecule has 2 fully saturated rings. The van der Waals surface area contributed by atoms with Crippen LogP contribution in [-0.2, 0) is 6.54 Å². The van der Waals surface area contributed by atoms with Crippen molar-refractivity contribution in [3.63, 3.8) is 0 Å². The van der Waals surface area contributed by atoms with Gasteiger partial charge in [-0.15, -0.1) is 0 Å². The Balaban J connectivity index is 1.78. The summed E-state index contributed by atoms with van der Waals surface area (Å²) in [7, 11) is 0. The highest BCUT2D eigenvalue weighted by Gasteiger charge is 2.41. The van der Waals surface area contributed by atoms with Gasteiger partial charge in [0, 0.05) is 31.2 Å². The van der Waals surface area contributed by atoms with Crippen molar-refractivity contribution in [1.29, 1.82) is 0 Å². The lowest BCUT2D eigenvalue weighted by molar-refractivity contribution is 0.0369. The van der Waals surface area contributed by atoms with Crippen LogP contribution >= 0.6 is 0 Å². The zero-order chi connectivity index (χ0) is 15.0. The van der Waals surface area contributed by atoms with Gasteiger partial charge >= 0.3 is 0 Å². The van der Waals surface area contributed by atoms with Crippen molar-refractivity contribution < 1.29 is 0 Å². The molecule has 1 heterocycles. The summed E-state index contributed by atoms with van der Waals surface area (Å²) >= 11 is 0. The third-order valence-corrected chi connectivity index (χ3v) is 5.53. The third kappa shape index (κ3) is 3.32. The van der Waals surface area contributed by atoms with Crippen LogP contribution in [0.25, 0.3) is 0 Å². The van der Waals surface area contributed by atoms with Crippen molar-refractivity contribution in [3.05, 3.63) is 34.9 Å². The average molecular weight is 286 g/mol. The molecular weight excluding hydrogens is 256 g/mol. The zero-order valence-electron chi connectivity index (χ0n) is 14.1. The van der Waals surface area contributed by atoms with E-state index in [9.17, 15) is 0 Å². The van der Waals surface area contributed by atoms with Gasteiger partial charge in [-0.05, 0) is 51.5 Å². The fourth-order valence-electron chi connectivity index (χ4n) is 3.78. The van der Waals surface area contributed by atoms with E-state index in [0.29, 0.717) is 5.54 Å². The number of piperazine rings is 1. The fraction of sp³-hybridized carbons (Fsp3) is 0.684. The summed E-state index contributed by atoms with van der Waals surface area (Å²) in [6.07, 6.45) is 4.07. The molecule has 1 aliphatic heterocycles. The van der Waals surface area contributed by atoms with Crippen LogP contribution in [-0.4, -0.2) is 29.6 Å². The van der Waals surface area contributed by atoms with E-state index in [-0.39, 0.29) is 0 Å². The predicted molar refractivity (Wildman–Crippen MR) is 89.5 cm³/mol. The molecule has 2 heteroatoms.